The highest BCUT2D eigenvalue weighted by Crippen LogP contribution is 2.38. The molecule has 5 aromatic rings. The molecule has 6 heteroatoms. The second kappa shape index (κ2) is 9.55. The third-order valence-corrected chi connectivity index (χ3v) is 6.96. The van der Waals surface area contributed by atoms with E-state index in [0.717, 1.165) is 55.6 Å². The highest BCUT2D eigenvalue weighted by atomic mass is 79.9. The molecule has 0 N–H and O–H groups in total. The Kier molecular flexibility index (Phi) is 5.95. The summed E-state index contributed by atoms with van der Waals surface area (Å²) in [5.41, 5.74) is 6.05. The number of anilines is 1. The van der Waals surface area contributed by atoms with Crippen LogP contribution in [0.5, 0.6) is 5.75 Å². The highest BCUT2D eigenvalue weighted by Gasteiger charge is 2.32. The summed E-state index contributed by atoms with van der Waals surface area (Å²) < 4.78 is 6.39. The summed E-state index contributed by atoms with van der Waals surface area (Å²) >= 11 is 3.56. The van der Waals surface area contributed by atoms with Crippen molar-refractivity contribution < 1.29 is 4.74 Å². The van der Waals surface area contributed by atoms with Gasteiger partial charge in [-0.25, -0.2) is 15.0 Å². The largest absolute Gasteiger partial charge is 0.497 e. The van der Waals surface area contributed by atoms with Crippen molar-refractivity contribution in [2.24, 2.45) is 5.10 Å². The number of hydrogen-bond donors (Lipinski definition) is 0. The molecule has 0 bridgehead atoms. The normalized spacial score (nSPS) is 15.2. The third kappa shape index (κ3) is 4.25. The second-order valence-electron chi connectivity index (χ2n) is 8.65. The number of para-hydroxylation sites is 1. The van der Waals surface area contributed by atoms with Gasteiger partial charge < -0.3 is 4.74 Å². The predicted octanol–water partition coefficient (Wildman–Crippen LogP) is 7.42. The van der Waals surface area contributed by atoms with Crippen LogP contribution in [-0.2, 0) is 0 Å². The van der Waals surface area contributed by atoms with Crippen LogP contribution in [0.2, 0.25) is 0 Å². The first kappa shape index (κ1) is 22.4. The Morgan fingerprint density at radius 3 is 2.25 bits per heavy atom. The van der Waals surface area contributed by atoms with E-state index in [1.165, 1.54) is 0 Å². The zero-order valence-corrected chi connectivity index (χ0v) is 21.3. The van der Waals surface area contributed by atoms with Crippen molar-refractivity contribution in [2.75, 3.05) is 12.1 Å². The van der Waals surface area contributed by atoms with Crippen molar-refractivity contribution in [3.63, 3.8) is 0 Å². The highest BCUT2D eigenvalue weighted by molar-refractivity contribution is 9.10. The molecule has 1 aliphatic heterocycles. The maximum atomic E-state index is 5.35. The molecule has 0 aliphatic carbocycles. The van der Waals surface area contributed by atoms with Gasteiger partial charge in [0.05, 0.1) is 30.1 Å². The Hall–Kier alpha value is -4.03. The summed E-state index contributed by atoms with van der Waals surface area (Å²) in [5, 5.41) is 8.07. The fourth-order valence-electron chi connectivity index (χ4n) is 4.58. The lowest BCUT2D eigenvalue weighted by Gasteiger charge is -2.23. The van der Waals surface area contributed by atoms with Gasteiger partial charge in [0.2, 0.25) is 5.95 Å². The summed E-state index contributed by atoms with van der Waals surface area (Å²) in [6.07, 6.45) is 0.741. The van der Waals surface area contributed by atoms with E-state index in [2.05, 4.69) is 70.5 Å². The second-order valence-corrected chi connectivity index (χ2v) is 9.56. The average Bonchev–Trinajstić information content (AvgIpc) is 3.39. The SMILES string of the molecule is COc1ccc(C2=NN(c3nc(-c4ccccc4)c4ccccc4n3)[C@@H](c3ccc(Br)cc3)C2)cc1. The first-order valence-corrected chi connectivity index (χ1v) is 12.6. The number of aromatic nitrogens is 2. The van der Waals surface area contributed by atoms with Gasteiger partial charge in [-0.05, 0) is 53.6 Å². The first-order chi connectivity index (χ1) is 17.7. The Labute approximate surface area is 218 Å². The number of benzene rings is 4. The molecule has 0 saturated carbocycles. The van der Waals surface area contributed by atoms with E-state index in [-0.39, 0.29) is 6.04 Å². The molecule has 0 spiro atoms. The predicted molar refractivity (Wildman–Crippen MR) is 148 cm³/mol. The molecule has 1 atom stereocenters. The van der Waals surface area contributed by atoms with E-state index in [4.69, 9.17) is 19.8 Å². The number of ether oxygens (including phenoxy) is 1. The molecule has 1 aliphatic rings. The maximum Gasteiger partial charge on any atom is 0.247 e. The number of fused-ring (bicyclic) bond motifs is 1. The zero-order valence-electron chi connectivity index (χ0n) is 19.7. The van der Waals surface area contributed by atoms with Crippen LogP contribution in [0.25, 0.3) is 22.2 Å². The number of halogens is 1. The van der Waals surface area contributed by atoms with Crippen LogP contribution >= 0.6 is 15.9 Å². The Bertz CT molecular complexity index is 1550. The van der Waals surface area contributed by atoms with E-state index < -0.39 is 0 Å². The summed E-state index contributed by atoms with van der Waals surface area (Å²) in [4.78, 5) is 10.1. The van der Waals surface area contributed by atoms with Crippen molar-refractivity contribution in [2.45, 2.75) is 12.5 Å². The molecule has 0 radical (unpaired) electrons. The van der Waals surface area contributed by atoms with Crippen LogP contribution in [0.3, 0.4) is 0 Å². The Morgan fingerprint density at radius 2 is 1.50 bits per heavy atom. The fraction of sp³-hybridized carbons (Fsp3) is 0.100. The fourth-order valence-corrected chi connectivity index (χ4v) is 4.84. The van der Waals surface area contributed by atoms with Gasteiger partial charge >= 0.3 is 0 Å². The standard InChI is InChI=1S/C30H23BrN4O/c1-36-24-17-13-20(14-18-24)27-19-28(21-11-15-23(31)16-12-21)35(34-27)30-32-26-10-6-5-9-25(26)29(33-30)22-7-3-2-4-8-22/h2-18,28H,19H2,1H3/t28-/m1/s1. The van der Waals surface area contributed by atoms with E-state index in [1.807, 2.05) is 53.5 Å². The van der Waals surface area contributed by atoms with Gasteiger partial charge in [0, 0.05) is 21.8 Å². The quantitative estimate of drug-likeness (QED) is 0.235. The molecule has 4 aromatic carbocycles. The molecule has 36 heavy (non-hydrogen) atoms. The molecule has 0 unspecified atom stereocenters. The average molecular weight is 535 g/mol. The van der Waals surface area contributed by atoms with Gasteiger partial charge in [0.25, 0.3) is 0 Å². The summed E-state index contributed by atoms with van der Waals surface area (Å²) in [5.74, 6) is 1.41. The number of hydrazone groups is 1. The van der Waals surface area contributed by atoms with Crippen molar-refractivity contribution >= 4 is 38.5 Å². The third-order valence-electron chi connectivity index (χ3n) is 6.43. The van der Waals surface area contributed by atoms with Gasteiger partial charge in [-0.1, -0.05) is 76.6 Å². The molecule has 0 amide bonds. The van der Waals surface area contributed by atoms with Crippen molar-refractivity contribution in [3.8, 4) is 17.0 Å². The summed E-state index contributed by atoms with van der Waals surface area (Å²) in [7, 11) is 1.68. The zero-order chi connectivity index (χ0) is 24.5. The molecule has 176 valence electrons. The van der Waals surface area contributed by atoms with Gasteiger partial charge in [-0.2, -0.15) is 5.10 Å². The van der Waals surface area contributed by atoms with Gasteiger partial charge in [0.1, 0.15) is 5.75 Å². The topological polar surface area (TPSA) is 50.6 Å². The Morgan fingerprint density at radius 1 is 0.778 bits per heavy atom. The minimum Gasteiger partial charge on any atom is -0.497 e. The molecule has 6 rings (SSSR count). The lowest BCUT2D eigenvalue weighted by atomic mass is 9.98. The molecule has 5 nitrogen and oxygen atoms in total. The monoisotopic (exact) mass is 534 g/mol. The van der Waals surface area contributed by atoms with E-state index >= 15 is 0 Å². The minimum absolute atomic E-state index is 0.0278. The molecule has 1 aromatic heterocycles. The molecular weight excluding hydrogens is 512 g/mol. The summed E-state index contributed by atoms with van der Waals surface area (Å²) in [6, 6.07) is 34.8. The van der Waals surface area contributed by atoms with Crippen molar-refractivity contribution in [1.29, 1.82) is 0 Å². The van der Waals surface area contributed by atoms with E-state index in [0.29, 0.717) is 5.95 Å². The summed E-state index contributed by atoms with van der Waals surface area (Å²) in [6.45, 7) is 0. The molecule has 2 heterocycles. The van der Waals surface area contributed by atoms with Crippen LogP contribution in [-0.4, -0.2) is 22.8 Å². The van der Waals surface area contributed by atoms with E-state index in [1.54, 1.807) is 7.11 Å². The number of hydrogen-bond acceptors (Lipinski definition) is 5. The number of rotatable bonds is 5. The van der Waals surface area contributed by atoms with Gasteiger partial charge in [-0.3, -0.25) is 0 Å². The van der Waals surface area contributed by atoms with Gasteiger partial charge in [-0.15, -0.1) is 0 Å². The maximum absolute atomic E-state index is 5.35. The van der Waals surface area contributed by atoms with Crippen LogP contribution < -0.4 is 9.75 Å². The van der Waals surface area contributed by atoms with Gasteiger partial charge in [0.15, 0.2) is 0 Å². The molecule has 0 fully saturated rings. The van der Waals surface area contributed by atoms with E-state index in [9.17, 15) is 0 Å². The smallest absolute Gasteiger partial charge is 0.247 e. The van der Waals surface area contributed by atoms with Crippen LogP contribution in [0, 0.1) is 0 Å². The minimum atomic E-state index is -0.0278. The number of nitrogens with zero attached hydrogens (tertiary/aromatic N) is 4. The number of methoxy groups -OCH3 is 1. The Balaban J connectivity index is 1.50. The van der Waals surface area contributed by atoms with Crippen LogP contribution in [0.1, 0.15) is 23.6 Å². The first-order valence-electron chi connectivity index (χ1n) is 11.8. The van der Waals surface area contributed by atoms with Crippen molar-refractivity contribution in [1.82, 2.24) is 9.97 Å². The van der Waals surface area contributed by atoms with Crippen LogP contribution in [0.15, 0.2) is 113 Å². The molecular formula is C30H23BrN4O. The van der Waals surface area contributed by atoms with Crippen LogP contribution in [0.4, 0.5) is 5.95 Å². The van der Waals surface area contributed by atoms with Crippen molar-refractivity contribution in [3.05, 3.63) is 119 Å². The lowest BCUT2D eigenvalue weighted by molar-refractivity contribution is 0.415. The molecule has 0 saturated heterocycles. The lowest BCUT2D eigenvalue weighted by Crippen LogP contribution is -2.21.